The molecule has 1 N–H and O–H groups in total. The van der Waals surface area contributed by atoms with Gasteiger partial charge >= 0.3 is 17.9 Å². The monoisotopic (exact) mass is 1160 g/mol. The van der Waals surface area contributed by atoms with Crippen LogP contribution in [0.25, 0.3) is 0 Å². The van der Waals surface area contributed by atoms with E-state index in [-0.39, 0.29) is 32.2 Å². The molecule has 82 heavy (non-hydrogen) atoms. The van der Waals surface area contributed by atoms with E-state index < -0.39 is 24.3 Å². The van der Waals surface area contributed by atoms with Crippen LogP contribution in [-0.2, 0) is 33.3 Å². The minimum atomic E-state index is -1.51. The average molecular weight is 1160 g/mol. The Morgan fingerprint density at radius 2 is 0.659 bits per heavy atom. The fourth-order valence-electron chi connectivity index (χ4n) is 10.9. The van der Waals surface area contributed by atoms with Gasteiger partial charge in [0.05, 0.1) is 34.4 Å². The number of rotatable bonds is 68. The van der Waals surface area contributed by atoms with Crippen LogP contribution in [0.2, 0.25) is 0 Å². The Morgan fingerprint density at radius 3 is 0.976 bits per heavy atom. The van der Waals surface area contributed by atoms with E-state index >= 15 is 0 Å². The number of carboxylic acids is 1. The number of unbranched alkanes of at least 4 members (excludes halogenated alkanes) is 49. The van der Waals surface area contributed by atoms with Crippen LogP contribution in [0.1, 0.15) is 367 Å². The van der Waals surface area contributed by atoms with Gasteiger partial charge in [0.15, 0.2) is 6.10 Å². The zero-order valence-electron chi connectivity index (χ0n) is 55.4. The van der Waals surface area contributed by atoms with Gasteiger partial charge < -0.3 is 28.5 Å². The van der Waals surface area contributed by atoms with E-state index in [0.29, 0.717) is 23.9 Å². The van der Waals surface area contributed by atoms with E-state index in [1.807, 2.05) is 21.1 Å². The SMILES string of the molecule is CCCCCC/C=C\C/C=C\CCCCCCCC(=O)OC(COC(=O)CCCCCCCCCCCCCCCCCCCCCCCCCCCCCCCCCCCCCCCCCCC)COC(OCC[N+](C)(C)C)C(=O)O. The summed E-state index contributed by atoms with van der Waals surface area (Å²) in [6.45, 7) is 4.90. The highest BCUT2D eigenvalue weighted by Crippen LogP contribution is 2.19. The van der Waals surface area contributed by atoms with Crippen LogP contribution < -0.4 is 0 Å². The average Bonchev–Trinajstić information content (AvgIpc) is 3.47. The summed E-state index contributed by atoms with van der Waals surface area (Å²) in [6, 6.07) is 0. The quantitative estimate of drug-likeness (QED) is 0.0211. The Kier molecular flexibility index (Phi) is 63.0. The molecule has 2 atom stereocenters. The second-order valence-corrected chi connectivity index (χ2v) is 25.9. The van der Waals surface area contributed by atoms with Crippen molar-refractivity contribution in [2.24, 2.45) is 0 Å². The zero-order valence-corrected chi connectivity index (χ0v) is 55.4. The smallest absolute Gasteiger partial charge is 0.361 e. The maximum absolute atomic E-state index is 12.9. The molecule has 0 aliphatic heterocycles. The van der Waals surface area contributed by atoms with Crippen molar-refractivity contribution in [1.29, 1.82) is 0 Å². The van der Waals surface area contributed by atoms with Crippen molar-refractivity contribution in [3.05, 3.63) is 24.3 Å². The molecule has 9 heteroatoms. The molecule has 0 spiro atoms. The Balaban J connectivity index is 3.87. The lowest BCUT2D eigenvalue weighted by atomic mass is 10.0. The summed E-state index contributed by atoms with van der Waals surface area (Å²) in [7, 11) is 5.98. The standard InChI is InChI=1S/C73H139NO8/c1-6-8-10-12-14-16-18-20-22-24-25-26-27-28-29-30-31-32-33-34-35-36-37-38-39-40-41-42-43-44-45-46-47-48-50-51-53-55-57-59-61-63-70(75)80-67-69(68-81-73(72(77)78)79-66-65-74(3,4)5)82-71(76)64-62-60-58-56-54-52-49-23-21-19-17-15-13-11-9-7-2/h17,19,23,49,69,73H,6-16,18,20-22,24-48,50-68H2,1-5H3/p+1/b19-17-,49-23-. The summed E-state index contributed by atoms with van der Waals surface area (Å²) in [6.07, 6.45) is 77.7. The van der Waals surface area contributed by atoms with Crippen molar-refractivity contribution >= 4 is 17.9 Å². The van der Waals surface area contributed by atoms with Crippen molar-refractivity contribution in [3.8, 4) is 0 Å². The number of aliphatic carboxylic acids is 1. The van der Waals surface area contributed by atoms with E-state index in [1.54, 1.807) is 0 Å². The third-order valence-electron chi connectivity index (χ3n) is 16.5. The highest BCUT2D eigenvalue weighted by Gasteiger charge is 2.25. The van der Waals surface area contributed by atoms with Crippen LogP contribution in [0.3, 0.4) is 0 Å². The number of carbonyl (C=O) groups excluding carboxylic acids is 2. The van der Waals surface area contributed by atoms with Crippen molar-refractivity contribution in [2.45, 2.75) is 379 Å². The number of allylic oxidation sites excluding steroid dienone is 4. The van der Waals surface area contributed by atoms with E-state index in [1.165, 1.54) is 276 Å². The van der Waals surface area contributed by atoms with Gasteiger partial charge in [-0.3, -0.25) is 9.59 Å². The van der Waals surface area contributed by atoms with Gasteiger partial charge in [-0.05, 0) is 44.9 Å². The second-order valence-electron chi connectivity index (χ2n) is 25.9. The van der Waals surface area contributed by atoms with Crippen LogP contribution in [0, 0.1) is 0 Å². The molecule has 0 aromatic heterocycles. The first kappa shape index (κ1) is 79.8. The van der Waals surface area contributed by atoms with E-state index in [4.69, 9.17) is 18.9 Å². The van der Waals surface area contributed by atoms with Crippen LogP contribution in [0.4, 0.5) is 0 Å². The molecule has 9 nitrogen and oxygen atoms in total. The Hall–Kier alpha value is -2.23. The number of quaternary nitrogens is 1. The number of hydrogen-bond donors (Lipinski definition) is 1. The Labute approximate surface area is 509 Å². The number of esters is 2. The summed E-state index contributed by atoms with van der Waals surface area (Å²) in [5.41, 5.74) is 0. The van der Waals surface area contributed by atoms with E-state index in [9.17, 15) is 19.5 Å². The maximum Gasteiger partial charge on any atom is 0.361 e. The topological polar surface area (TPSA) is 108 Å². The van der Waals surface area contributed by atoms with Gasteiger partial charge in [-0.15, -0.1) is 0 Å². The molecular weight excluding hydrogens is 1020 g/mol. The molecule has 0 aliphatic rings. The maximum atomic E-state index is 12.9. The van der Waals surface area contributed by atoms with Crippen molar-refractivity contribution in [3.63, 3.8) is 0 Å². The van der Waals surface area contributed by atoms with Crippen LogP contribution in [0.15, 0.2) is 24.3 Å². The number of carbonyl (C=O) groups is 3. The van der Waals surface area contributed by atoms with Gasteiger partial charge in [-0.2, -0.15) is 0 Å². The lowest BCUT2D eigenvalue weighted by Gasteiger charge is -2.25. The van der Waals surface area contributed by atoms with E-state index in [0.717, 1.165) is 57.8 Å². The molecule has 0 heterocycles. The number of hydrogen-bond acceptors (Lipinski definition) is 7. The van der Waals surface area contributed by atoms with Gasteiger partial charge in [0.25, 0.3) is 6.29 Å². The highest BCUT2D eigenvalue weighted by molar-refractivity contribution is 5.71. The Bertz CT molecular complexity index is 1390. The first-order valence-electron chi connectivity index (χ1n) is 36.0. The fourth-order valence-corrected chi connectivity index (χ4v) is 10.9. The Morgan fingerprint density at radius 1 is 0.366 bits per heavy atom. The summed E-state index contributed by atoms with van der Waals surface area (Å²) >= 11 is 0. The molecule has 0 saturated heterocycles. The van der Waals surface area contributed by atoms with Crippen LogP contribution >= 0.6 is 0 Å². The number of ether oxygens (including phenoxy) is 4. The van der Waals surface area contributed by atoms with Crippen LogP contribution in [-0.4, -0.2) is 87.4 Å². The zero-order chi connectivity index (χ0) is 59.8. The number of nitrogens with zero attached hydrogens (tertiary/aromatic N) is 1. The summed E-state index contributed by atoms with van der Waals surface area (Å²) < 4.78 is 22.9. The molecule has 0 aromatic carbocycles. The molecule has 0 amide bonds. The molecule has 0 bridgehead atoms. The molecule has 0 radical (unpaired) electrons. The fraction of sp³-hybridized carbons (Fsp3) is 0.904. The highest BCUT2D eigenvalue weighted by atomic mass is 16.7. The van der Waals surface area contributed by atoms with Crippen LogP contribution in [0.5, 0.6) is 0 Å². The minimum Gasteiger partial charge on any atom is -0.477 e. The molecule has 484 valence electrons. The van der Waals surface area contributed by atoms with Gasteiger partial charge in [-0.1, -0.05) is 334 Å². The minimum absolute atomic E-state index is 0.183. The lowest BCUT2D eigenvalue weighted by Crippen LogP contribution is -2.40. The molecule has 2 unspecified atom stereocenters. The second kappa shape index (κ2) is 64.8. The third-order valence-corrected chi connectivity index (χ3v) is 16.5. The normalized spacial score (nSPS) is 12.7. The van der Waals surface area contributed by atoms with Crippen molar-refractivity contribution in [1.82, 2.24) is 0 Å². The summed E-state index contributed by atoms with van der Waals surface area (Å²) in [4.78, 5) is 37.5. The van der Waals surface area contributed by atoms with E-state index in [2.05, 4.69) is 38.2 Å². The molecule has 0 aliphatic carbocycles. The predicted molar refractivity (Wildman–Crippen MR) is 351 cm³/mol. The largest absolute Gasteiger partial charge is 0.477 e. The number of likely N-dealkylation sites (N-methyl/N-ethyl adjacent to an activating group) is 1. The van der Waals surface area contributed by atoms with Gasteiger partial charge in [-0.25, -0.2) is 4.79 Å². The van der Waals surface area contributed by atoms with Crippen molar-refractivity contribution in [2.75, 3.05) is 47.5 Å². The molecular formula is C73H140NO8+. The lowest BCUT2D eigenvalue weighted by molar-refractivity contribution is -0.870. The first-order valence-corrected chi connectivity index (χ1v) is 36.0. The van der Waals surface area contributed by atoms with Gasteiger partial charge in [0.1, 0.15) is 13.2 Å². The number of carboxylic acid groups (broad SMARTS) is 1. The molecule has 0 saturated carbocycles. The van der Waals surface area contributed by atoms with Gasteiger partial charge in [0, 0.05) is 12.8 Å². The van der Waals surface area contributed by atoms with Crippen molar-refractivity contribution < 1.29 is 42.9 Å². The first-order chi connectivity index (χ1) is 40.1. The third kappa shape index (κ3) is 65.3. The summed E-state index contributed by atoms with van der Waals surface area (Å²) in [5, 5.41) is 9.72. The molecule has 0 aromatic rings. The molecule has 0 rings (SSSR count). The summed E-state index contributed by atoms with van der Waals surface area (Å²) in [5.74, 6) is -2.00. The predicted octanol–water partition coefficient (Wildman–Crippen LogP) is 22.2. The van der Waals surface area contributed by atoms with Gasteiger partial charge in [0.2, 0.25) is 0 Å². The molecule has 0 fully saturated rings.